The largest absolute Gasteiger partial charge is 0.350 e. The fourth-order valence-corrected chi connectivity index (χ4v) is 4.29. The molecule has 8 nitrogen and oxygen atoms in total. The molecule has 2 heterocycles. The van der Waals surface area contributed by atoms with Crippen LogP contribution in [0.4, 0.5) is 11.6 Å². The third kappa shape index (κ3) is 4.56. The molecule has 0 saturated carbocycles. The first-order chi connectivity index (χ1) is 14.8. The molecule has 2 N–H and O–H groups in total. The summed E-state index contributed by atoms with van der Waals surface area (Å²) in [5.74, 6) is -0.175. The maximum atomic E-state index is 12.5. The molecule has 0 aliphatic heterocycles. The van der Waals surface area contributed by atoms with E-state index < -0.39 is 10.0 Å². The number of nitrogens with one attached hydrogen (secondary N) is 2. The Morgan fingerprint density at radius 2 is 1.81 bits per heavy atom. The fourth-order valence-electron chi connectivity index (χ4n) is 3.34. The van der Waals surface area contributed by atoms with E-state index in [-0.39, 0.29) is 23.2 Å². The monoisotopic (exact) mass is 435 g/mol. The van der Waals surface area contributed by atoms with Gasteiger partial charge in [-0.2, -0.15) is 0 Å². The summed E-state index contributed by atoms with van der Waals surface area (Å²) in [4.78, 5) is 20.5. The highest BCUT2D eigenvalue weighted by atomic mass is 32.2. The molecule has 1 amide bonds. The summed E-state index contributed by atoms with van der Waals surface area (Å²) in [6, 6.07) is 15.5. The molecule has 0 radical (unpaired) electrons. The van der Waals surface area contributed by atoms with Crippen molar-refractivity contribution >= 4 is 38.5 Å². The van der Waals surface area contributed by atoms with Crippen LogP contribution in [-0.2, 0) is 28.3 Å². The van der Waals surface area contributed by atoms with Gasteiger partial charge in [-0.3, -0.25) is 4.79 Å². The van der Waals surface area contributed by atoms with E-state index in [4.69, 9.17) is 0 Å². The third-order valence-electron chi connectivity index (χ3n) is 4.80. The van der Waals surface area contributed by atoms with Gasteiger partial charge in [-0.05, 0) is 48.9 Å². The van der Waals surface area contributed by atoms with Crippen molar-refractivity contribution in [3.8, 4) is 0 Å². The quantitative estimate of drug-likeness (QED) is 0.484. The van der Waals surface area contributed by atoms with Crippen molar-refractivity contribution < 1.29 is 13.2 Å². The van der Waals surface area contributed by atoms with Gasteiger partial charge in [0.2, 0.25) is 11.9 Å². The average molecular weight is 436 g/mol. The molecule has 158 valence electrons. The molecule has 0 bridgehead atoms. The lowest BCUT2D eigenvalue weighted by Gasteiger charge is -2.09. The van der Waals surface area contributed by atoms with E-state index >= 15 is 0 Å². The number of aryl methyl sites for hydroxylation is 2. The second-order valence-corrected chi connectivity index (χ2v) is 8.84. The smallest absolute Gasteiger partial charge is 0.264 e. The number of carbonyl (C=O) groups is 1. The van der Waals surface area contributed by atoms with Gasteiger partial charge in [0.25, 0.3) is 10.0 Å². The topological polar surface area (TPSA) is 106 Å². The summed E-state index contributed by atoms with van der Waals surface area (Å²) >= 11 is 0. The Morgan fingerprint density at radius 1 is 1.06 bits per heavy atom. The van der Waals surface area contributed by atoms with Crippen LogP contribution in [-0.4, -0.2) is 28.9 Å². The Morgan fingerprint density at radius 3 is 2.55 bits per heavy atom. The van der Waals surface area contributed by atoms with Crippen molar-refractivity contribution in [1.82, 2.24) is 14.5 Å². The van der Waals surface area contributed by atoms with Crippen molar-refractivity contribution in [1.29, 1.82) is 0 Å². The maximum Gasteiger partial charge on any atom is 0.264 e. The van der Waals surface area contributed by atoms with Gasteiger partial charge in [0.15, 0.2) is 0 Å². The molecule has 2 aromatic carbocycles. The zero-order valence-corrected chi connectivity index (χ0v) is 17.8. The number of sulfonamides is 1. The van der Waals surface area contributed by atoms with E-state index in [2.05, 4.69) is 20.0 Å². The van der Waals surface area contributed by atoms with Crippen molar-refractivity contribution in [3.05, 3.63) is 78.2 Å². The highest BCUT2D eigenvalue weighted by molar-refractivity contribution is 7.92. The molecule has 2 aromatic heterocycles. The van der Waals surface area contributed by atoms with Crippen LogP contribution in [0.15, 0.2) is 71.9 Å². The molecular weight excluding hydrogens is 414 g/mol. The highest BCUT2D eigenvalue weighted by Gasteiger charge is 2.16. The van der Waals surface area contributed by atoms with E-state index in [9.17, 15) is 13.2 Å². The maximum absolute atomic E-state index is 12.5. The molecule has 0 unspecified atom stereocenters. The van der Waals surface area contributed by atoms with Crippen LogP contribution in [0, 0.1) is 6.92 Å². The van der Waals surface area contributed by atoms with E-state index in [1.807, 2.05) is 42.1 Å². The minimum absolute atomic E-state index is 0.00691. The van der Waals surface area contributed by atoms with Crippen molar-refractivity contribution in [2.24, 2.45) is 7.05 Å². The molecule has 4 rings (SSSR count). The van der Waals surface area contributed by atoms with Gasteiger partial charge < -0.3 is 9.88 Å². The molecule has 0 saturated heterocycles. The first-order valence-electron chi connectivity index (χ1n) is 9.57. The first-order valence-corrected chi connectivity index (χ1v) is 11.1. The van der Waals surface area contributed by atoms with Crippen LogP contribution < -0.4 is 10.0 Å². The molecule has 9 heteroatoms. The summed E-state index contributed by atoms with van der Waals surface area (Å²) < 4.78 is 29.4. The number of hydrogen-bond acceptors (Lipinski definition) is 5. The number of fused-ring (bicyclic) bond motifs is 1. The second kappa shape index (κ2) is 8.19. The summed E-state index contributed by atoms with van der Waals surface area (Å²) in [6.45, 7) is 1.75. The number of aromatic nitrogens is 3. The molecule has 0 atom stereocenters. The van der Waals surface area contributed by atoms with Crippen molar-refractivity contribution in [2.75, 3.05) is 10.0 Å². The number of para-hydroxylation sites is 1. The molecule has 31 heavy (non-hydrogen) atoms. The Balaban J connectivity index is 1.45. The summed E-state index contributed by atoms with van der Waals surface area (Å²) in [6.07, 6.45) is 3.64. The van der Waals surface area contributed by atoms with Crippen LogP contribution in [0.1, 0.15) is 11.3 Å². The van der Waals surface area contributed by atoms with E-state index in [0.717, 1.165) is 16.5 Å². The van der Waals surface area contributed by atoms with Gasteiger partial charge in [0.05, 0.1) is 11.3 Å². The summed E-state index contributed by atoms with van der Waals surface area (Å²) in [5.41, 5.74) is 3.15. The number of anilines is 2. The SMILES string of the molecule is Cc1ccnc(NS(=O)(=O)c2ccc(NC(=O)Cc3cn(C)c4ccccc34)cc2)n1. The second-order valence-electron chi connectivity index (χ2n) is 7.16. The lowest BCUT2D eigenvalue weighted by Crippen LogP contribution is -2.16. The van der Waals surface area contributed by atoms with Crippen LogP contribution in [0.25, 0.3) is 10.9 Å². The number of carbonyl (C=O) groups excluding carboxylic acids is 1. The number of amides is 1. The Kier molecular flexibility index (Phi) is 5.43. The van der Waals surface area contributed by atoms with Crippen molar-refractivity contribution in [2.45, 2.75) is 18.2 Å². The molecule has 4 aromatic rings. The molecule has 0 fully saturated rings. The van der Waals surface area contributed by atoms with Gasteiger partial charge in [-0.1, -0.05) is 18.2 Å². The summed E-state index contributed by atoms with van der Waals surface area (Å²) in [7, 11) is -1.89. The van der Waals surface area contributed by atoms with Crippen LogP contribution >= 0.6 is 0 Å². The molecule has 0 spiro atoms. The fraction of sp³-hybridized carbons (Fsp3) is 0.136. The van der Waals surface area contributed by atoms with Gasteiger partial charge in [0, 0.05) is 41.7 Å². The highest BCUT2D eigenvalue weighted by Crippen LogP contribution is 2.22. The number of benzene rings is 2. The predicted molar refractivity (Wildman–Crippen MR) is 119 cm³/mol. The van der Waals surface area contributed by atoms with Gasteiger partial charge >= 0.3 is 0 Å². The third-order valence-corrected chi connectivity index (χ3v) is 6.14. The van der Waals surface area contributed by atoms with Gasteiger partial charge in [-0.25, -0.2) is 23.1 Å². The zero-order chi connectivity index (χ0) is 22.0. The van der Waals surface area contributed by atoms with Crippen LogP contribution in [0.5, 0.6) is 0 Å². The standard InChI is InChI=1S/C22H21N5O3S/c1-15-11-12-23-22(24-15)26-31(29,30)18-9-7-17(8-10-18)25-21(28)13-16-14-27(2)20-6-4-3-5-19(16)20/h3-12,14H,13H2,1-2H3,(H,25,28)(H,23,24,26). The first kappa shape index (κ1) is 20.5. The minimum atomic E-state index is -3.84. The van der Waals surface area contributed by atoms with Crippen LogP contribution in [0.3, 0.4) is 0 Å². The zero-order valence-electron chi connectivity index (χ0n) is 17.0. The molecule has 0 aliphatic carbocycles. The van der Waals surface area contributed by atoms with Gasteiger partial charge in [-0.15, -0.1) is 0 Å². The Bertz CT molecular complexity index is 1360. The Hall–Kier alpha value is -3.72. The minimum Gasteiger partial charge on any atom is -0.350 e. The predicted octanol–water partition coefficient (Wildman–Crippen LogP) is 3.26. The van der Waals surface area contributed by atoms with E-state index in [0.29, 0.717) is 11.4 Å². The van der Waals surface area contributed by atoms with E-state index in [1.165, 1.54) is 18.3 Å². The average Bonchev–Trinajstić information content (AvgIpc) is 3.04. The van der Waals surface area contributed by atoms with Gasteiger partial charge in [0.1, 0.15) is 0 Å². The lowest BCUT2D eigenvalue weighted by atomic mass is 10.1. The Labute approximate surface area is 180 Å². The number of hydrogen-bond donors (Lipinski definition) is 2. The number of rotatable bonds is 6. The van der Waals surface area contributed by atoms with E-state index in [1.54, 1.807) is 25.1 Å². The lowest BCUT2D eigenvalue weighted by molar-refractivity contribution is -0.115. The summed E-state index contributed by atoms with van der Waals surface area (Å²) in [5, 5.41) is 3.85. The van der Waals surface area contributed by atoms with Crippen molar-refractivity contribution in [3.63, 3.8) is 0 Å². The van der Waals surface area contributed by atoms with Crippen LogP contribution in [0.2, 0.25) is 0 Å². The number of nitrogens with zero attached hydrogens (tertiary/aromatic N) is 3. The molecule has 0 aliphatic rings. The molecular formula is C22H21N5O3S. The normalized spacial score (nSPS) is 11.4.